The molecule has 0 aliphatic carbocycles. The number of aryl methyl sites for hydroxylation is 1. The molecule has 1 rings (SSSR count). The van der Waals surface area contributed by atoms with E-state index in [1.54, 1.807) is 0 Å². The van der Waals surface area contributed by atoms with Crippen LogP contribution in [0.5, 0.6) is 0 Å². The summed E-state index contributed by atoms with van der Waals surface area (Å²) in [6.07, 6.45) is 0. The summed E-state index contributed by atoms with van der Waals surface area (Å²) >= 11 is 5.81. The molecule has 13 heavy (non-hydrogen) atoms. The lowest BCUT2D eigenvalue weighted by atomic mass is 10.0. The van der Waals surface area contributed by atoms with Crippen molar-refractivity contribution in [2.24, 2.45) is 0 Å². The second-order valence-electron chi connectivity index (χ2n) is 2.48. The molecule has 1 aromatic rings. The van der Waals surface area contributed by atoms with E-state index in [2.05, 4.69) is 6.07 Å². The maximum absolute atomic E-state index is 8.72. The number of nitrogens with zero attached hydrogens (tertiary/aromatic N) is 1. The van der Waals surface area contributed by atoms with Gasteiger partial charge in [-0.2, -0.15) is 5.26 Å². The van der Waals surface area contributed by atoms with Crippen molar-refractivity contribution in [3.8, 4) is 6.07 Å². The van der Waals surface area contributed by atoms with Gasteiger partial charge in [0.25, 0.3) is 0 Å². The number of rotatable bonds is 0. The Kier molecular flexibility index (Phi) is 5.18. The summed E-state index contributed by atoms with van der Waals surface area (Å²) in [6.45, 7) is 7.76. The van der Waals surface area contributed by atoms with Crippen LogP contribution in [0.2, 0.25) is 5.02 Å². The highest BCUT2D eigenvalue weighted by molar-refractivity contribution is 6.31. The zero-order valence-corrected chi connectivity index (χ0v) is 9.24. The molecule has 0 fully saturated rings. The fourth-order valence-electron chi connectivity index (χ4n) is 0.994. The molecule has 0 aliphatic heterocycles. The first kappa shape index (κ1) is 12.0. The highest BCUT2D eigenvalue weighted by Gasteiger charge is 2.03. The maximum atomic E-state index is 8.72. The van der Waals surface area contributed by atoms with Crippen LogP contribution in [0.15, 0.2) is 12.1 Å². The van der Waals surface area contributed by atoms with Crippen molar-refractivity contribution in [1.29, 1.82) is 5.26 Å². The minimum atomic E-state index is 0.659. The Morgan fingerprint density at radius 2 is 1.77 bits per heavy atom. The Morgan fingerprint density at radius 3 is 2.15 bits per heavy atom. The third kappa shape index (κ3) is 2.75. The quantitative estimate of drug-likeness (QED) is 0.617. The molecule has 1 aromatic carbocycles. The Morgan fingerprint density at radius 1 is 1.23 bits per heavy atom. The Bertz CT molecular complexity index is 324. The molecular weight excluding hydrogens is 182 g/mol. The van der Waals surface area contributed by atoms with Gasteiger partial charge in [0.1, 0.15) is 0 Å². The Labute approximate surface area is 85.0 Å². The van der Waals surface area contributed by atoms with E-state index in [1.807, 2.05) is 39.8 Å². The minimum absolute atomic E-state index is 0.659. The molecule has 2 heteroatoms. The molecule has 0 saturated carbocycles. The van der Waals surface area contributed by atoms with Crippen molar-refractivity contribution in [3.63, 3.8) is 0 Å². The monoisotopic (exact) mass is 195 g/mol. The largest absolute Gasteiger partial charge is 0.192 e. The van der Waals surface area contributed by atoms with Crippen molar-refractivity contribution in [2.45, 2.75) is 27.7 Å². The number of benzene rings is 1. The van der Waals surface area contributed by atoms with E-state index in [4.69, 9.17) is 16.9 Å². The van der Waals surface area contributed by atoms with Gasteiger partial charge in [-0.1, -0.05) is 31.5 Å². The first-order valence-corrected chi connectivity index (χ1v) is 4.70. The maximum Gasteiger partial charge on any atom is 0.0997 e. The van der Waals surface area contributed by atoms with E-state index in [9.17, 15) is 0 Å². The molecule has 0 saturated heterocycles. The van der Waals surface area contributed by atoms with E-state index in [-0.39, 0.29) is 0 Å². The topological polar surface area (TPSA) is 23.8 Å². The van der Waals surface area contributed by atoms with E-state index in [0.29, 0.717) is 10.6 Å². The van der Waals surface area contributed by atoms with Gasteiger partial charge in [0, 0.05) is 5.02 Å². The van der Waals surface area contributed by atoms with E-state index < -0.39 is 0 Å². The molecule has 0 bridgehead atoms. The zero-order chi connectivity index (χ0) is 10.4. The molecule has 0 amide bonds. The third-order valence-electron chi connectivity index (χ3n) is 1.72. The van der Waals surface area contributed by atoms with Crippen molar-refractivity contribution in [3.05, 3.63) is 33.8 Å². The lowest BCUT2D eigenvalue weighted by Crippen LogP contribution is -1.87. The van der Waals surface area contributed by atoms with Crippen LogP contribution >= 0.6 is 11.6 Å². The Balaban J connectivity index is 0.000000671. The second kappa shape index (κ2) is 5.61. The van der Waals surface area contributed by atoms with Crippen LogP contribution in [-0.2, 0) is 0 Å². The van der Waals surface area contributed by atoms with Gasteiger partial charge in [-0.05, 0) is 31.0 Å². The van der Waals surface area contributed by atoms with E-state index in [1.165, 1.54) is 0 Å². The average Bonchev–Trinajstić information content (AvgIpc) is 2.16. The summed E-state index contributed by atoms with van der Waals surface area (Å²) in [6, 6.07) is 5.79. The molecule has 0 N–H and O–H groups in total. The SMILES string of the molecule is CC.Cc1ccc(Cl)c(C)c1C#N. The molecule has 0 aliphatic rings. The summed E-state index contributed by atoms with van der Waals surface area (Å²) in [5, 5.41) is 9.37. The van der Waals surface area contributed by atoms with Crippen LogP contribution in [0.4, 0.5) is 0 Å². The summed E-state index contributed by atoms with van der Waals surface area (Å²) in [5.74, 6) is 0. The van der Waals surface area contributed by atoms with Gasteiger partial charge in [0.05, 0.1) is 11.6 Å². The Hall–Kier alpha value is -1.00. The molecule has 0 spiro atoms. The lowest BCUT2D eigenvalue weighted by Gasteiger charge is -2.02. The first-order valence-electron chi connectivity index (χ1n) is 4.32. The van der Waals surface area contributed by atoms with Crippen molar-refractivity contribution >= 4 is 11.6 Å². The predicted molar refractivity (Wildman–Crippen MR) is 57.0 cm³/mol. The molecule has 70 valence electrons. The number of hydrogen-bond donors (Lipinski definition) is 0. The van der Waals surface area contributed by atoms with Gasteiger partial charge in [0.15, 0.2) is 0 Å². The van der Waals surface area contributed by atoms with Crippen molar-refractivity contribution in [2.75, 3.05) is 0 Å². The van der Waals surface area contributed by atoms with Gasteiger partial charge in [-0.25, -0.2) is 0 Å². The van der Waals surface area contributed by atoms with E-state index in [0.717, 1.165) is 11.1 Å². The van der Waals surface area contributed by atoms with Crippen LogP contribution in [0.1, 0.15) is 30.5 Å². The normalized spacial score (nSPS) is 8.31. The number of halogens is 1. The fourth-order valence-corrected chi connectivity index (χ4v) is 1.15. The van der Waals surface area contributed by atoms with Crippen LogP contribution in [0, 0.1) is 25.2 Å². The van der Waals surface area contributed by atoms with Gasteiger partial charge in [-0.15, -0.1) is 0 Å². The number of hydrogen-bond acceptors (Lipinski definition) is 1. The van der Waals surface area contributed by atoms with Crippen LogP contribution in [-0.4, -0.2) is 0 Å². The third-order valence-corrected chi connectivity index (χ3v) is 2.13. The molecule has 0 heterocycles. The zero-order valence-electron chi connectivity index (χ0n) is 8.48. The van der Waals surface area contributed by atoms with Gasteiger partial charge in [0.2, 0.25) is 0 Å². The average molecular weight is 196 g/mol. The van der Waals surface area contributed by atoms with Crippen LogP contribution in [0.3, 0.4) is 0 Å². The van der Waals surface area contributed by atoms with Crippen molar-refractivity contribution < 1.29 is 0 Å². The summed E-state index contributed by atoms with van der Waals surface area (Å²) < 4.78 is 0. The lowest BCUT2D eigenvalue weighted by molar-refractivity contribution is 1.32. The highest BCUT2D eigenvalue weighted by atomic mass is 35.5. The molecule has 0 radical (unpaired) electrons. The predicted octanol–water partition coefficient (Wildman–Crippen LogP) is 3.85. The van der Waals surface area contributed by atoms with Crippen LogP contribution < -0.4 is 0 Å². The smallest absolute Gasteiger partial charge is 0.0997 e. The minimum Gasteiger partial charge on any atom is -0.192 e. The molecule has 0 atom stereocenters. The molecule has 1 nitrogen and oxygen atoms in total. The number of nitriles is 1. The van der Waals surface area contributed by atoms with Gasteiger partial charge in [-0.3, -0.25) is 0 Å². The summed E-state index contributed by atoms with van der Waals surface area (Å²) in [5.41, 5.74) is 2.54. The fraction of sp³-hybridized carbons (Fsp3) is 0.364. The molecular formula is C11H14ClN. The summed E-state index contributed by atoms with van der Waals surface area (Å²) in [4.78, 5) is 0. The standard InChI is InChI=1S/C9H8ClN.C2H6/c1-6-3-4-9(10)7(2)8(6)5-11;1-2/h3-4H,1-2H3;1-2H3. The van der Waals surface area contributed by atoms with Crippen LogP contribution in [0.25, 0.3) is 0 Å². The van der Waals surface area contributed by atoms with E-state index >= 15 is 0 Å². The molecule has 0 aromatic heterocycles. The first-order chi connectivity index (χ1) is 6.16. The van der Waals surface area contributed by atoms with Gasteiger partial charge >= 0.3 is 0 Å². The van der Waals surface area contributed by atoms with Gasteiger partial charge < -0.3 is 0 Å². The second-order valence-corrected chi connectivity index (χ2v) is 2.88. The van der Waals surface area contributed by atoms with Crippen molar-refractivity contribution in [1.82, 2.24) is 0 Å². The molecule has 0 unspecified atom stereocenters. The summed E-state index contributed by atoms with van der Waals surface area (Å²) in [7, 11) is 0. The highest BCUT2D eigenvalue weighted by Crippen LogP contribution is 2.20.